The van der Waals surface area contributed by atoms with Crippen molar-refractivity contribution in [2.24, 2.45) is 0 Å². The molecule has 0 saturated heterocycles. The molecule has 0 fully saturated rings. The van der Waals surface area contributed by atoms with Gasteiger partial charge < -0.3 is 5.32 Å². The van der Waals surface area contributed by atoms with Gasteiger partial charge in [0.1, 0.15) is 11.0 Å². The summed E-state index contributed by atoms with van der Waals surface area (Å²) in [6, 6.07) is 12.3. The number of benzene rings is 1. The Morgan fingerprint density at radius 2 is 2.08 bits per heavy atom. The highest BCUT2D eigenvalue weighted by Crippen LogP contribution is 2.45. The number of H-pyrrole nitrogens is 1. The largest absolute Gasteiger partial charge is 0.336 e. The molecule has 25 heavy (non-hydrogen) atoms. The molecule has 1 aliphatic heterocycles. The average molecular weight is 362 g/mol. The topological polar surface area (TPSA) is 90.3 Å². The summed E-state index contributed by atoms with van der Waals surface area (Å²) in [4.78, 5) is 1.01. The molecule has 1 aromatic carbocycles. The monoisotopic (exact) mass is 362 g/mol. The molecule has 5 rings (SSSR count). The summed E-state index contributed by atoms with van der Waals surface area (Å²) in [5.74, 6) is 0.511. The molecular formula is C17H10N6S2. The number of hydrogen-bond donors (Lipinski definition) is 2. The van der Waals surface area contributed by atoms with E-state index in [4.69, 9.17) is 0 Å². The fraction of sp³-hybridized carbons (Fsp3) is 0.0588. The van der Waals surface area contributed by atoms with Gasteiger partial charge in [0.25, 0.3) is 0 Å². The molecule has 4 aromatic rings. The molecule has 0 aliphatic carbocycles. The molecule has 6 nitrogen and oxygen atoms in total. The molecule has 3 aromatic heterocycles. The van der Waals surface area contributed by atoms with Gasteiger partial charge in [0.2, 0.25) is 0 Å². The maximum absolute atomic E-state index is 9.97. The predicted molar refractivity (Wildman–Crippen MR) is 98.3 cm³/mol. The standard InChI is InChI=1S/C17H10N6S2/c18-7-10-14(9-3-1-4-12-15(9)23-25-22-12)11-8-19-21-17(11)20-16(10)13-5-2-6-24-13/h1-6,8,14H,(H2,19,20,21). The Morgan fingerprint density at radius 1 is 1.12 bits per heavy atom. The highest BCUT2D eigenvalue weighted by Gasteiger charge is 2.33. The Balaban J connectivity index is 1.82. The normalized spacial score (nSPS) is 16.5. The van der Waals surface area contributed by atoms with E-state index in [0.717, 1.165) is 38.6 Å². The van der Waals surface area contributed by atoms with Crippen molar-refractivity contribution in [3.05, 3.63) is 63.5 Å². The molecule has 4 heterocycles. The van der Waals surface area contributed by atoms with Gasteiger partial charge in [0.15, 0.2) is 5.82 Å². The number of nitriles is 1. The van der Waals surface area contributed by atoms with E-state index in [9.17, 15) is 5.26 Å². The molecular weight excluding hydrogens is 352 g/mol. The lowest BCUT2D eigenvalue weighted by atomic mass is 9.82. The van der Waals surface area contributed by atoms with Gasteiger partial charge in [-0.25, -0.2) is 0 Å². The molecule has 0 bridgehead atoms. The van der Waals surface area contributed by atoms with E-state index in [1.165, 1.54) is 11.7 Å². The van der Waals surface area contributed by atoms with Crippen LogP contribution in [0.4, 0.5) is 5.82 Å². The second-order valence-corrected chi connectivity index (χ2v) is 7.08. The third-order valence-corrected chi connectivity index (χ3v) is 5.73. The summed E-state index contributed by atoms with van der Waals surface area (Å²) in [5, 5.41) is 22.5. The van der Waals surface area contributed by atoms with Crippen LogP contribution in [0.15, 0.2) is 47.5 Å². The molecule has 0 amide bonds. The van der Waals surface area contributed by atoms with Crippen LogP contribution in [0.3, 0.4) is 0 Å². The number of nitrogens with zero attached hydrogens (tertiary/aromatic N) is 4. The first-order valence-corrected chi connectivity index (χ1v) is 9.18. The van der Waals surface area contributed by atoms with E-state index in [0.29, 0.717) is 5.57 Å². The van der Waals surface area contributed by atoms with Crippen LogP contribution in [0.2, 0.25) is 0 Å². The third-order valence-electron chi connectivity index (χ3n) is 4.30. The Kier molecular flexibility index (Phi) is 3.16. The summed E-state index contributed by atoms with van der Waals surface area (Å²) in [5.41, 5.74) is 5.07. The molecule has 2 N–H and O–H groups in total. The maximum atomic E-state index is 9.97. The second-order valence-electron chi connectivity index (χ2n) is 5.60. The van der Waals surface area contributed by atoms with Gasteiger partial charge in [-0.3, -0.25) is 5.10 Å². The van der Waals surface area contributed by atoms with Crippen LogP contribution in [0.5, 0.6) is 0 Å². The number of nitrogens with one attached hydrogen (secondary N) is 2. The second kappa shape index (κ2) is 5.51. The van der Waals surface area contributed by atoms with E-state index in [-0.39, 0.29) is 5.92 Å². The van der Waals surface area contributed by atoms with E-state index in [1.807, 2.05) is 41.9 Å². The van der Waals surface area contributed by atoms with Crippen LogP contribution in [0, 0.1) is 11.3 Å². The Labute approximate surface area is 150 Å². The molecule has 120 valence electrons. The number of allylic oxidation sites excluding steroid dienone is 1. The number of aromatic nitrogens is 4. The smallest absolute Gasteiger partial charge is 0.156 e. The molecule has 0 radical (unpaired) electrons. The lowest BCUT2D eigenvalue weighted by Gasteiger charge is -2.25. The van der Waals surface area contributed by atoms with Gasteiger partial charge in [-0.2, -0.15) is 19.1 Å². The van der Waals surface area contributed by atoms with E-state index >= 15 is 0 Å². The minimum atomic E-state index is -0.232. The lowest BCUT2D eigenvalue weighted by molar-refractivity contribution is 0.980. The minimum Gasteiger partial charge on any atom is -0.336 e. The Hall–Kier alpha value is -3.02. The molecule has 1 unspecified atom stereocenters. The first-order chi connectivity index (χ1) is 12.4. The summed E-state index contributed by atoms with van der Waals surface area (Å²) in [7, 11) is 0. The number of fused-ring (bicyclic) bond motifs is 2. The number of anilines is 1. The molecule has 0 spiro atoms. The minimum absolute atomic E-state index is 0.232. The van der Waals surface area contributed by atoms with Crippen LogP contribution >= 0.6 is 23.1 Å². The van der Waals surface area contributed by atoms with Crippen molar-refractivity contribution < 1.29 is 0 Å². The van der Waals surface area contributed by atoms with Crippen molar-refractivity contribution in [1.82, 2.24) is 18.9 Å². The average Bonchev–Trinajstić information content (AvgIpc) is 3.40. The van der Waals surface area contributed by atoms with Crippen molar-refractivity contribution >= 4 is 45.6 Å². The van der Waals surface area contributed by atoms with Crippen molar-refractivity contribution in [3.63, 3.8) is 0 Å². The maximum Gasteiger partial charge on any atom is 0.156 e. The highest BCUT2D eigenvalue weighted by atomic mass is 32.1. The van der Waals surface area contributed by atoms with E-state index in [2.05, 4.69) is 30.3 Å². The van der Waals surface area contributed by atoms with Gasteiger partial charge >= 0.3 is 0 Å². The van der Waals surface area contributed by atoms with Crippen molar-refractivity contribution in [2.75, 3.05) is 5.32 Å². The number of thiophene rings is 1. The fourth-order valence-electron chi connectivity index (χ4n) is 3.22. The van der Waals surface area contributed by atoms with Crippen LogP contribution in [0.25, 0.3) is 16.7 Å². The third kappa shape index (κ3) is 2.10. The molecule has 0 saturated carbocycles. The SMILES string of the molecule is N#CC1=C(c2cccs2)Nc2n[nH]cc2C1c1cccc2nsnc12. The molecule has 1 atom stereocenters. The summed E-state index contributed by atoms with van der Waals surface area (Å²) in [6.45, 7) is 0. The highest BCUT2D eigenvalue weighted by molar-refractivity contribution is 7.11. The zero-order valence-corrected chi connectivity index (χ0v) is 14.4. The quantitative estimate of drug-likeness (QED) is 0.563. The zero-order valence-electron chi connectivity index (χ0n) is 12.7. The zero-order chi connectivity index (χ0) is 16.8. The summed E-state index contributed by atoms with van der Waals surface area (Å²) >= 11 is 2.78. The number of aromatic amines is 1. The van der Waals surface area contributed by atoms with Crippen LogP contribution in [-0.2, 0) is 0 Å². The van der Waals surface area contributed by atoms with Crippen molar-refractivity contribution in [1.29, 1.82) is 5.26 Å². The Bertz CT molecular complexity index is 1150. The van der Waals surface area contributed by atoms with E-state index in [1.54, 1.807) is 11.3 Å². The summed E-state index contributed by atoms with van der Waals surface area (Å²) < 4.78 is 8.79. The first kappa shape index (κ1) is 14.3. The van der Waals surface area contributed by atoms with Crippen LogP contribution in [-0.4, -0.2) is 18.9 Å². The van der Waals surface area contributed by atoms with Crippen molar-refractivity contribution in [3.8, 4) is 6.07 Å². The first-order valence-electron chi connectivity index (χ1n) is 7.57. The van der Waals surface area contributed by atoms with Crippen molar-refractivity contribution in [2.45, 2.75) is 5.92 Å². The Morgan fingerprint density at radius 3 is 2.92 bits per heavy atom. The lowest BCUT2D eigenvalue weighted by Crippen LogP contribution is -2.16. The van der Waals surface area contributed by atoms with Gasteiger partial charge in [-0.15, -0.1) is 11.3 Å². The molecule has 8 heteroatoms. The van der Waals surface area contributed by atoms with E-state index < -0.39 is 0 Å². The van der Waals surface area contributed by atoms with Gasteiger partial charge in [0.05, 0.1) is 39.9 Å². The van der Waals surface area contributed by atoms with Gasteiger partial charge in [0, 0.05) is 11.8 Å². The summed E-state index contributed by atoms with van der Waals surface area (Å²) in [6.07, 6.45) is 1.84. The van der Waals surface area contributed by atoms with Gasteiger partial charge in [-0.05, 0) is 23.1 Å². The van der Waals surface area contributed by atoms with Crippen LogP contribution < -0.4 is 5.32 Å². The predicted octanol–water partition coefficient (Wildman–Crippen LogP) is 3.97. The number of hydrogen-bond acceptors (Lipinski definition) is 7. The fourth-order valence-corrected chi connectivity index (χ4v) is 4.52. The van der Waals surface area contributed by atoms with Gasteiger partial charge in [-0.1, -0.05) is 18.2 Å². The number of rotatable bonds is 2. The van der Waals surface area contributed by atoms with Crippen LogP contribution in [0.1, 0.15) is 21.9 Å². The molecule has 1 aliphatic rings.